The molecule has 0 spiro atoms. The predicted octanol–water partition coefficient (Wildman–Crippen LogP) is 3.34. The number of aryl methyl sites for hydroxylation is 1. The van der Waals surface area contributed by atoms with Gasteiger partial charge in [-0.15, -0.1) is 0 Å². The molecule has 0 aliphatic rings. The summed E-state index contributed by atoms with van der Waals surface area (Å²) < 4.78 is 0. The lowest BCUT2D eigenvalue weighted by atomic mass is 10.1. The molecule has 0 amide bonds. The van der Waals surface area contributed by atoms with Crippen LogP contribution in [0, 0.1) is 13.8 Å². The maximum atomic E-state index is 10.8. The molecule has 0 N–H and O–H groups in total. The topological polar surface area (TPSA) is 17.1 Å². The standard InChI is InChI=1S/C9H8Cl2O/c1-5-3-4-7(9(11)12)8(10)6(5)2/h3-4H,1-2H3. The smallest absolute Gasteiger partial charge is 0.253 e. The van der Waals surface area contributed by atoms with E-state index in [9.17, 15) is 4.79 Å². The molecule has 0 bridgehead atoms. The highest BCUT2D eigenvalue weighted by Gasteiger charge is 2.10. The molecular weight excluding hydrogens is 195 g/mol. The molecule has 0 aliphatic heterocycles. The highest BCUT2D eigenvalue weighted by atomic mass is 35.5. The first-order valence-corrected chi connectivity index (χ1v) is 4.25. The highest BCUT2D eigenvalue weighted by molar-refractivity contribution is 6.68. The maximum Gasteiger partial charge on any atom is 0.253 e. The van der Waals surface area contributed by atoms with Gasteiger partial charge in [0.15, 0.2) is 0 Å². The molecule has 12 heavy (non-hydrogen) atoms. The van der Waals surface area contributed by atoms with E-state index in [4.69, 9.17) is 23.2 Å². The van der Waals surface area contributed by atoms with E-state index < -0.39 is 5.24 Å². The Morgan fingerprint density at radius 1 is 1.33 bits per heavy atom. The zero-order valence-electron chi connectivity index (χ0n) is 6.82. The Morgan fingerprint density at radius 2 is 1.92 bits per heavy atom. The summed E-state index contributed by atoms with van der Waals surface area (Å²) in [6, 6.07) is 3.47. The fourth-order valence-corrected chi connectivity index (χ4v) is 1.44. The van der Waals surface area contributed by atoms with Gasteiger partial charge in [-0.1, -0.05) is 17.7 Å². The van der Waals surface area contributed by atoms with Gasteiger partial charge in [-0.05, 0) is 42.6 Å². The third-order valence-electron chi connectivity index (χ3n) is 1.87. The van der Waals surface area contributed by atoms with Crippen LogP contribution >= 0.6 is 23.2 Å². The van der Waals surface area contributed by atoms with E-state index in [0.29, 0.717) is 10.6 Å². The molecule has 0 saturated heterocycles. The Balaban J connectivity index is 3.36. The molecule has 0 aromatic heterocycles. The number of carbonyl (C=O) groups is 1. The summed E-state index contributed by atoms with van der Waals surface area (Å²) >= 11 is 11.2. The van der Waals surface area contributed by atoms with Crippen LogP contribution in [0.15, 0.2) is 12.1 Å². The Morgan fingerprint density at radius 3 is 2.42 bits per heavy atom. The molecule has 3 heteroatoms. The van der Waals surface area contributed by atoms with E-state index in [1.807, 2.05) is 19.9 Å². The van der Waals surface area contributed by atoms with Crippen LogP contribution in [-0.2, 0) is 0 Å². The van der Waals surface area contributed by atoms with E-state index >= 15 is 0 Å². The molecule has 0 atom stereocenters. The molecule has 1 aromatic carbocycles. The van der Waals surface area contributed by atoms with Crippen LogP contribution in [0.2, 0.25) is 5.02 Å². The average molecular weight is 203 g/mol. The van der Waals surface area contributed by atoms with Crippen LogP contribution in [0.4, 0.5) is 0 Å². The molecule has 0 heterocycles. The van der Waals surface area contributed by atoms with Crippen molar-refractivity contribution in [3.8, 4) is 0 Å². The van der Waals surface area contributed by atoms with Gasteiger partial charge in [0.25, 0.3) is 5.24 Å². The first-order chi connectivity index (χ1) is 5.54. The number of halogens is 2. The van der Waals surface area contributed by atoms with Crippen LogP contribution in [0.25, 0.3) is 0 Å². The Labute approximate surface area is 81.3 Å². The summed E-state index contributed by atoms with van der Waals surface area (Å²) in [5.41, 5.74) is 2.34. The average Bonchev–Trinajstić information content (AvgIpc) is 2.00. The van der Waals surface area contributed by atoms with Crippen molar-refractivity contribution in [2.75, 3.05) is 0 Å². The summed E-state index contributed by atoms with van der Waals surface area (Å²) in [6.07, 6.45) is 0. The van der Waals surface area contributed by atoms with Gasteiger partial charge in [-0.3, -0.25) is 4.79 Å². The number of hydrogen-bond donors (Lipinski definition) is 0. The molecule has 1 nitrogen and oxygen atoms in total. The minimum absolute atomic E-state index is 0.376. The van der Waals surface area contributed by atoms with E-state index in [1.54, 1.807) is 6.07 Å². The third-order valence-corrected chi connectivity index (χ3v) is 2.56. The Hall–Kier alpha value is -0.530. The quantitative estimate of drug-likeness (QED) is 0.639. The summed E-state index contributed by atoms with van der Waals surface area (Å²) in [6.45, 7) is 3.80. The zero-order chi connectivity index (χ0) is 9.30. The first-order valence-electron chi connectivity index (χ1n) is 3.49. The van der Waals surface area contributed by atoms with Crippen molar-refractivity contribution in [1.82, 2.24) is 0 Å². The van der Waals surface area contributed by atoms with Gasteiger partial charge < -0.3 is 0 Å². The number of rotatable bonds is 1. The number of hydrogen-bond acceptors (Lipinski definition) is 1. The minimum atomic E-state index is -0.511. The van der Waals surface area contributed by atoms with Gasteiger partial charge >= 0.3 is 0 Å². The number of benzene rings is 1. The third kappa shape index (κ3) is 1.62. The van der Waals surface area contributed by atoms with Gasteiger partial charge in [-0.2, -0.15) is 0 Å². The van der Waals surface area contributed by atoms with Crippen LogP contribution in [0.5, 0.6) is 0 Å². The van der Waals surface area contributed by atoms with Crippen LogP contribution in [-0.4, -0.2) is 5.24 Å². The van der Waals surface area contributed by atoms with Crippen molar-refractivity contribution in [1.29, 1.82) is 0 Å². The highest BCUT2D eigenvalue weighted by Crippen LogP contribution is 2.24. The van der Waals surface area contributed by atoms with Crippen LogP contribution < -0.4 is 0 Å². The molecule has 0 fully saturated rings. The lowest BCUT2D eigenvalue weighted by molar-refractivity contribution is 0.108. The van der Waals surface area contributed by atoms with E-state index in [1.165, 1.54) is 0 Å². The van der Waals surface area contributed by atoms with Crippen molar-refractivity contribution in [2.45, 2.75) is 13.8 Å². The maximum absolute atomic E-state index is 10.8. The van der Waals surface area contributed by atoms with Crippen molar-refractivity contribution in [3.63, 3.8) is 0 Å². The largest absolute Gasteiger partial charge is 0.276 e. The summed E-state index contributed by atoms with van der Waals surface area (Å²) in [5.74, 6) is 0. The van der Waals surface area contributed by atoms with Gasteiger partial charge in [0.2, 0.25) is 0 Å². The predicted molar refractivity (Wildman–Crippen MR) is 51.1 cm³/mol. The van der Waals surface area contributed by atoms with Crippen LogP contribution in [0.1, 0.15) is 21.5 Å². The van der Waals surface area contributed by atoms with Gasteiger partial charge in [0.1, 0.15) is 0 Å². The molecule has 0 saturated carbocycles. The van der Waals surface area contributed by atoms with Gasteiger partial charge in [0.05, 0.1) is 10.6 Å². The lowest BCUT2D eigenvalue weighted by Gasteiger charge is -2.04. The fraction of sp³-hybridized carbons (Fsp3) is 0.222. The molecule has 1 rings (SSSR count). The molecular formula is C9H8Cl2O. The normalized spacial score (nSPS) is 10.0. The van der Waals surface area contributed by atoms with Crippen molar-refractivity contribution < 1.29 is 4.79 Å². The SMILES string of the molecule is Cc1ccc(C(=O)Cl)c(Cl)c1C. The van der Waals surface area contributed by atoms with Gasteiger partial charge in [0, 0.05) is 0 Å². The summed E-state index contributed by atoms with van der Waals surface area (Å²) in [5, 5.41) is -0.0573. The molecule has 64 valence electrons. The van der Waals surface area contributed by atoms with E-state index in [2.05, 4.69) is 0 Å². The second kappa shape index (κ2) is 3.46. The number of carbonyl (C=O) groups excluding carboxylic acids is 1. The minimum Gasteiger partial charge on any atom is -0.276 e. The fourth-order valence-electron chi connectivity index (χ4n) is 0.933. The molecule has 1 aromatic rings. The van der Waals surface area contributed by atoms with Crippen LogP contribution in [0.3, 0.4) is 0 Å². The Kier molecular flexibility index (Phi) is 2.76. The van der Waals surface area contributed by atoms with Crippen molar-refractivity contribution in [2.24, 2.45) is 0 Å². The van der Waals surface area contributed by atoms with Crippen molar-refractivity contribution >= 4 is 28.4 Å². The monoisotopic (exact) mass is 202 g/mol. The summed E-state index contributed by atoms with van der Waals surface area (Å²) in [4.78, 5) is 10.8. The van der Waals surface area contributed by atoms with Gasteiger partial charge in [-0.25, -0.2) is 0 Å². The summed E-state index contributed by atoms with van der Waals surface area (Å²) in [7, 11) is 0. The second-order valence-corrected chi connectivity index (χ2v) is 3.36. The van der Waals surface area contributed by atoms with Crippen molar-refractivity contribution in [3.05, 3.63) is 33.8 Å². The van der Waals surface area contributed by atoms with E-state index in [-0.39, 0.29) is 0 Å². The molecule has 0 aliphatic carbocycles. The Bertz CT molecular complexity index is 332. The second-order valence-electron chi connectivity index (χ2n) is 2.64. The van der Waals surface area contributed by atoms with E-state index in [0.717, 1.165) is 11.1 Å². The molecule has 0 radical (unpaired) electrons. The molecule has 0 unspecified atom stereocenters. The first kappa shape index (κ1) is 9.56. The zero-order valence-corrected chi connectivity index (χ0v) is 8.33. The lowest BCUT2D eigenvalue weighted by Crippen LogP contribution is -1.93.